The van der Waals surface area contributed by atoms with Crippen molar-refractivity contribution in [2.45, 2.75) is 26.8 Å². The van der Waals surface area contributed by atoms with Crippen molar-refractivity contribution >= 4 is 39.3 Å². The molecule has 5 rings (SSSR count). The Morgan fingerprint density at radius 1 is 1.07 bits per heavy atom. The third kappa shape index (κ3) is 3.33. The zero-order chi connectivity index (χ0) is 20.7. The van der Waals surface area contributed by atoms with E-state index in [1.807, 2.05) is 29.3 Å². The fourth-order valence-corrected chi connectivity index (χ4v) is 3.92. The van der Waals surface area contributed by atoms with Gasteiger partial charge in [-0.15, -0.1) is 0 Å². The second kappa shape index (κ2) is 7.53. The Balaban J connectivity index is 1.48. The van der Waals surface area contributed by atoms with Crippen LogP contribution in [0.2, 0.25) is 0 Å². The Morgan fingerprint density at radius 3 is 2.63 bits per heavy atom. The molecule has 1 aromatic carbocycles. The topological polar surface area (TPSA) is 81.0 Å². The Labute approximate surface area is 174 Å². The van der Waals surface area contributed by atoms with Crippen molar-refractivity contribution in [1.29, 1.82) is 0 Å². The van der Waals surface area contributed by atoms with Gasteiger partial charge in [-0.25, -0.2) is 15.0 Å². The maximum absolute atomic E-state index is 5.42. The van der Waals surface area contributed by atoms with Crippen LogP contribution >= 0.6 is 0 Å². The maximum Gasteiger partial charge on any atom is 0.228 e. The normalized spacial score (nSPS) is 14.7. The number of nitrogens with one attached hydrogen (secondary N) is 1. The summed E-state index contributed by atoms with van der Waals surface area (Å²) in [6.07, 6.45) is 5.66. The highest BCUT2D eigenvalue weighted by atomic mass is 16.5. The highest BCUT2D eigenvalue weighted by Crippen LogP contribution is 2.29. The minimum Gasteiger partial charge on any atom is -0.378 e. The predicted molar refractivity (Wildman–Crippen MR) is 119 cm³/mol. The van der Waals surface area contributed by atoms with Gasteiger partial charge in [0.1, 0.15) is 11.3 Å². The number of aryl methyl sites for hydroxylation is 1. The number of ether oxygens (including phenoxy) is 1. The highest BCUT2D eigenvalue weighted by molar-refractivity contribution is 6.04. The molecule has 1 aliphatic rings. The molecule has 154 valence electrons. The van der Waals surface area contributed by atoms with Crippen molar-refractivity contribution < 1.29 is 4.74 Å². The Morgan fingerprint density at radius 2 is 1.90 bits per heavy atom. The van der Waals surface area contributed by atoms with Crippen LogP contribution in [-0.2, 0) is 4.74 Å². The molecule has 1 aliphatic heterocycles. The summed E-state index contributed by atoms with van der Waals surface area (Å²) >= 11 is 0. The van der Waals surface area contributed by atoms with E-state index >= 15 is 0 Å². The van der Waals surface area contributed by atoms with Gasteiger partial charge in [-0.3, -0.25) is 4.68 Å². The molecule has 30 heavy (non-hydrogen) atoms. The van der Waals surface area contributed by atoms with E-state index in [0.717, 1.165) is 53.8 Å². The lowest BCUT2D eigenvalue weighted by Crippen LogP contribution is -2.36. The molecule has 8 nitrogen and oxygen atoms in total. The molecule has 1 saturated heterocycles. The zero-order valence-corrected chi connectivity index (χ0v) is 17.5. The molecule has 4 heterocycles. The first-order valence-corrected chi connectivity index (χ1v) is 10.3. The number of rotatable bonds is 4. The number of fused-ring (bicyclic) bond motifs is 3. The van der Waals surface area contributed by atoms with E-state index in [9.17, 15) is 0 Å². The van der Waals surface area contributed by atoms with E-state index in [1.165, 1.54) is 5.56 Å². The molecule has 0 atom stereocenters. The van der Waals surface area contributed by atoms with Crippen molar-refractivity contribution in [2.75, 3.05) is 36.5 Å². The summed E-state index contributed by atoms with van der Waals surface area (Å²) < 4.78 is 7.44. The van der Waals surface area contributed by atoms with Gasteiger partial charge in [-0.05, 0) is 44.5 Å². The van der Waals surface area contributed by atoms with Crippen LogP contribution in [0.25, 0.3) is 21.8 Å². The third-order valence-corrected chi connectivity index (χ3v) is 5.49. The Bertz CT molecular complexity index is 1190. The van der Waals surface area contributed by atoms with E-state index < -0.39 is 0 Å². The van der Waals surface area contributed by atoms with E-state index in [1.54, 1.807) is 0 Å². The lowest BCUT2D eigenvalue weighted by molar-refractivity contribution is 0.122. The Kier molecular flexibility index (Phi) is 4.71. The highest BCUT2D eigenvalue weighted by Gasteiger charge is 2.15. The molecule has 0 saturated carbocycles. The van der Waals surface area contributed by atoms with Gasteiger partial charge in [0.05, 0.1) is 36.8 Å². The van der Waals surface area contributed by atoms with E-state index in [-0.39, 0.29) is 6.04 Å². The summed E-state index contributed by atoms with van der Waals surface area (Å²) in [7, 11) is 0. The summed E-state index contributed by atoms with van der Waals surface area (Å²) in [5.74, 6) is 1.24. The van der Waals surface area contributed by atoms with Crippen molar-refractivity contribution in [2.24, 2.45) is 0 Å². The molecule has 0 radical (unpaired) electrons. The largest absolute Gasteiger partial charge is 0.378 e. The van der Waals surface area contributed by atoms with Gasteiger partial charge < -0.3 is 15.0 Å². The first-order chi connectivity index (χ1) is 14.6. The molecule has 0 amide bonds. The van der Waals surface area contributed by atoms with Crippen LogP contribution in [0.4, 0.5) is 17.5 Å². The number of anilines is 3. The van der Waals surface area contributed by atoms with Gasteiger partial charge >= 0.3 is 0 Å². The summed E-state index contributed by atoms with van der Waals surface area (Å²) in [4.78, 5) is 16.1. The summed E-state index contributed by atoms with van der Waals surface area (Å²) in [5, 5.41) is 9.95. The van der Waals surface area contributed by atoms with Crippen molar-refractivity contribution in [3.8, 4) is 0 Å². The lowest BCUT2D eigenvalue weighted by atomic mass is 10.1. The van der Waals surface area contributed by atoms with E-state index in [4.69, 9.17) is 9.72 Å². The molecule has 0 unspecified atom stereocenters. The molecule has 3 aromatic heterocycles. The number of aromatic nitrogens is 5. The van der Waals surface area contributed by atoms with Crippen LogP contribution in [0, 0.1) is 6.92 Å². The molecule has 1 N–H and O–H groups in total. The molecule has 0 bridgehead atoms. The van der Waals surface area contributed by atoms with Gasteiger partial charge in [-0.1, -0.05) is 0 Å². The molecule has 1 fully saturated rings. The second-order valence-corrected chi connectivity index (χ2v) is 7.90. The van der Waals surface area contributed by atoms with Gasteiger partial charge in [0.25, 0.3) is 0 Å². The zero-order valence-electron chi connectivity index (χ0n) is 17.5. The van der Waals surface area contributed by atoms with Crippen molar-refractivity contribution in [1.82, 2.24) is 24.7 Å². The molecular weight excluding hydrogens is 378 g/mol. The standard InChI is InChI=1S/C22H25N7O/c1-14(2)29-21-18(13-25-29)15(3)10-16-11-24-22(27-20(16)21)26-19-5-4-17(12-23-19)28-6-8-30-9-7-28/h4-5,10-14H,6-9H2,1-3H3,(H,23,24,26,27). The molecule has 4 aromatic rings. The molecule has 8 heteroatoms. The number of nitrogens with zero attached hydrogens (tertiary/aromatic N) is 6. The smallest absolute Gasteiger partial charge is 0.228 e. The summed E-state index contributed by atoms with van der Waals surface area (Å²) in [5.41, 5.74) is 4.21. The number of morpholine rings is 1. The average Bonchev–Trinajstić information content (AvgIpc) is 3.22. The number of benzene rings is 1. The minimum absolute atomic E-state index is 0.244. The van der Waals surface area contributed by atoms with Gasteiger partial charge in [0.2, 0.25) is 5.95 Å². The summed E-state index contributed by atoms with van der Waals surface area (Å²) in [6, 6.07) is 6.38. The Hall–Kier alpha value is -3.26. The lowest BCUT2D eigenvalue weighted by Gasteiger charge is -2.28. The maximum atomic E-state index is 5.42. The van der Waals surface area contributed by atoms with Crippen molar-refractivity contribution in [3.05, 3.63) is 42.4 Å². The quantitative estimate of drug-likeness (QED) is 0.554. The second-order valence-electron chi connectivity index (χ2n) is 7.90. The average molecular weight is 403 g/mol. The van der Waals surface area contributed by atoms with E-state index in [0.29, 0.717) is 11.8 Å². The van der Waals surface area contributed by atoms with Crippen LogP contribution < -0.4 is 10.2 Å². The van der Waals surface area contributed by atoms with E-state index in [2.05, 4.69) is 58.2 Å². The SMILES string of the molecule is Cc1cc2cnc(Nc3ccc(N4CCOCC4)cn3)nc2c2c1cnn2C(C)C. The van der Waals surface area contributed by atoms with Crippen LogP contribution in [-0.4, -0.2) is 51.0 Å². The first kappa shape index (κ1) is 18.7. The predicted octanol–water partition coefficient (Wildman–Crippen LogP) is 3.84. The van der Waals surface area contributed by atoms with Gasteiger partial charge in [-0.2, -0.15) is 5.10 Å². The fourth-order valence-electron chi connectivity index (χ4n) is 3.92. The van der Waals surface area contributed by atoms with Crippen LogP contribution in [0.3, 0.4) is 0 Å². The molecule has 0 spiro atoms. The van der Waals surface area contributed by atoms with Crippen LogP contribution in [0.15, 0.2) is 36.8 Å². The minimum atomic E-state index is 0.244. The molecular formula is C22H25N7O. The van der Waals surface area contributed by atoms with Crippen LogP contribution in [0.5, 0.6) is 0 Å². The van der Waals surface area contributed by atoms with Gasteiger partial charge in [0.15, 0.2) is 0 Å². The monoisotopic (exact) mass is 403 g/mol. The number of hydrogen-bond donors (Lipinski definition) is 1. The first-order valence-electron chi connectivity index (χ1n) is 10.3. The molecule has 0 aliphatic carbocycles. The fraction of sp³-hybridized carbons (Fsp3) is 0.364. The van der Waals surface area contributed by atoms with Crippen molar-refractivity contribution in [3.63, 3.8) is 0 Å². The van der Waals surface area contributed by atoms with Gasteiger partial charge in [0, 0.05) is 36.1 Å². The number of hydrogen-bond acceptors (Lipinski definition) is 7. The number of pyridine rings is 1. The summed E-state index contributed by atoms with van der Waals surface area (Å²) in [6.45, 7) is 9.64. The van der Waals surface area contributed by atoms with Crippen LogP contribution in [0.1, 0.15) is 25.5 Å². The third-order valence-electron chi connectivity index (χ3n) is 5.49.